The number of imidazole rings is 1. The number of aryl methyl sites for hydroxylation is 1. The van der Waals surface area contributed by atoms with Gasteiger partial charge in [0.1, 0.15) is 5.82 Å². The normalized spacial score (nSPS) is 11.4. The average Bonchev–Trinajstić information content (AvgIpc) is 3.23. The van der Waals surface area contributed by atoms with Crippen LogP contribution in [0.5, 0.6) is 0 Å². The van der Waals surface area contributed by atoms with Crippen LogP contribution < -0.4 is 10.6 Å². The summed E-state index contributed by atoms with van der Waals surface area (Å²) in [4.78, 5) is 31.9. The van der Waals surface area contributed by atoms with Gasteiger partial charge in [-0.3, -0.25) is 0 Å². The second-order valence-corrected chi connectivity index (χ2v) is 8.02. The zero-order valence-electron chi connectivity index (χ0n) is 18.4. The third-order valence-corrected chi connectivity index (χ3v) is 5.51. The number of ether oxygens (including phenoxy) is 1. The fourth-order valence-corrected chi connectivity index (χ4v) is 3.68. The maximum absolute atomic E-state index is 13.1. The number of carbonyl (C=O) groups is 2. The van der Waals surface area contributed by atoms with Gasteiger partial charge in [-0.05, 0) is 61.0 Å². The van der Waals surface area contributed by atoms with Crippen LogP contribution in [-0.4, -0.2) is 29.1 Å². The number of halogens is 4. The van der Waals surface area contributed by atoms with Crippen LogP contribution in [0.1, 0.15) is 21.5 Å². The van der Waals surface area contributed by atoms with Gasteiger partial charge < -0.3 is 20.4 Å². The summed E-state index contributed by atoms with van der Waals surface area (Å²) >= 11 is 5.62. The van der Waals surface area contributed by atoms with Crippen molar-refractivity contribution in [2.45, 2.75) is 13.1 Å². The summed E-state index contributed by atoms with van der Waals surface area (Å²) in [6, 6.07) is 12.4. The lowest BCUT2D eigenvalue weighted by Gasteiger charge is -2.13. The number of nitrogens with zero attached hydrogens (tertiary/aromatic N) is 1. The molecule has 0 radical (unpaired) electrons. The fraction of sp³-hybridized carbons (Fsp3) is 0.125. The number of fused-ring (bicyclic) bond motifs is 1. The van der Waals surface area contributed by atoms with Crippen LogP contribution in [0.15, 0.2) is 54.6 Å². The van der Waals surface area contributed by atoms with E-state index in [1.165, 1.54) is 13.2 Å². The maximum Gasteiger partial charge on any atom is 0.417 e. The van der Waals surface area contributed by atoms with Crippen molar-refractivity contribution in [2.24, 2.45) is 0 Å². The number of aromatic amines is 1. The molecule has 0 saturated heterocycles. The molecular formula is C24H18ClF3N4O3. The summed E-state index contributed by atoms with van der Waals surface area (Å²) in [7, 11) is 1.30. The van der Waals surface area contributed by atoms with E-state index < -0.39 is 28.8 Å². The van der Waals surface area contributed by atoms with E-state index in [-0.39, 0.29) is 5.69 Å². The predicted molar refractivity (Wildman–Crippen MR) is 127 cm³/mol. The zero-order valence-corrected chi connectivity index (χ0v) is 19.1. The number of H-pyrrole nitrogens is 1. The first kappa shape index (κ1) is 24.1. The van der Waals surface area contributed by atoms with Crippen LogP contribution in [0, 0.1) is 6.92 Å². The van der Waals surface area contributed by atoms with Gasteiger partial charge in [0.25, 0.3) is 0 Å². The quantitative estimate of drug-likeness (QED) is 0.272. The Balaban J connectivity index is 1.56. The van der Waals surface area contributed by atoms with Crippen molar-refractivity contribution < 1.29 is 27.5 Å². The SMILES string of the molecule is COC(=O)c1ccc2nc(-c3cc(NC(=O)Nc4ccc(Cl)c(C(F)(F)F)c4)ccc3C)[nH]c2c1. The molecule has 0 fully saturated rings. The molecule has 0 bridgehead atoms. The lowest BCUT2D eigenvalue weighted by atomic mass is 10.1. The van der Waals surface area contributed by atoms with E-state index >= 15 is 0 Å². The number of esters is 1. The molecule has 0 atom stereocenters. The first-order valence-electron chi connectivity index (χ1n) is 10.2. The van der Waals surface area contributed by atoms with Gasteiger partial charge in [-0.15, -0.1) is 0 Å². The van der Waals surface area contributed by atoms with Gasteiger partial charge in [-0.1, -0.05) is 17.7 Å². The summed E-state index contributed by atoms with van der Waals surface area (Å²) in [5.41, 5.74) is 2.45. The number of nitrogens with one attached hydrogen (secondary N) is 3. The van der Waals surface area contributed by atoms with Gasteiger partial charge in [-0.2, -0.15) is 13.2 Å². The second-order valence-electron chi connectivity index (χ2n) is 7.61. The minimum Gasteiger partial charge on any atom is -0.465 e. The molecule has 3 N–H and O–H groups in total. The Kier molecular flexibility index (Phi) is 6.40. The molecule has 7 nitrogen and oxygen atoms in total. The number of alkyl halides is 3. The number of urea groups is 1. The molecule has 0 aliphatic rings. The van der Waals surface area contributed by atoms with Gasteiger partial charge in [-0.25, -0.2) is 14.6 Å². The van der Waals surface area contributed by atoms with Crippen LogP contribution in [-0.2, 0) is 10.9 Å². The van der Waals surface area contributed by atoms with Crippen LogP contribution in [0.4, 0.5) is 29.3 Å². The Morgan fingerprint density at radius 1 is 1.00 bits per heavy atom. The first-order valence-corrected chi connectivity index (χ1v) is 10.6. The minimum absolute atomic E-state index is 0.0646. The highest BCUT2D eigenvalue weighted by atomic mass is 35.5. The fourth-order valence-electron chi connectivity index (χ4n) is 3.45. The number of carbonyl (C=O) groups excluding carboxylic acids is 2. The number of methoxy groups -OCH3 is 1. The molecule has 0 spiro atoms. The standard InChI is InChI=1S/C24H18ClF3N4O3/c1-12-3-5-14(29-23(34)30-15-6-7-18(25)17(11-15)24(26,27)28)10-16(12)21-31-19-8-4-13(22(33)35-2)9-20(19)32-21/h3-11H,1-2H3,(H,31,32)(H2,29,30,34). The molecule has 180 valence electrons. The monoisotopic (exact) mass is 502 g/mol. The molecule has 1 aromatic heterocycles. The van der Waals surface area contributed by atoms with E-state index in [4.69, 9.17) is 16.3 Å². The largest absolute Gasteiger partial charge is 0.465 e. The molecule has 0 aliphatic heterocycles. The maximum atomic E-state index is 13.1. The van der Waals surface area contributed by atoms with Crippen LogP contribution in [0.2, 0.25) is 5.02 Å². The van der Waals surface area contributed by atoms with Crippen molar-refractivity contribution in [2.75, 3.05) is 17.7 Å². The summed E-state index contributed by atoms with van der Waals surface area (Å²) < 4.78 is 43.9. The van der Waals surface area contributed by atoms with Crippen molar-refractivity contribution in [1.82, 2.24) is 9.97 Å². The van der Waals surface area contributed by atoms with E-state index in [0.29, 0.717) is 33.7 Å². The van der Waals surface area contributed by atoms with E-state index in [0.717, 1.165) is 17.7 Å². The Morgan fingerprint density at radius 2 is 1.69 bits per heavy atom. The Morgan fingerprint density at radius 3 is 2.37 bits per heavy atom. The lowest BCUT2D eigenvalue weighted by molar-refractivity contribution is -0.137. The van der Waals surface area contributed by atoms with Crippen molar-refractivity contribution in [3.8, 4) is 11.4 Å². The van der Waals surface area contributed by atoms with Gasteiger partial charge >= 0.3 is 18.2 Å². The molecular weight excluding hydrogens is 485 g/mol. The van der Waals surface area contributed by atoms with E-state index in [1.54, 1.807) is 36.4 Å². The molecule has 11 heteroatoms. The average molecular weight is 503 g/mol. The smallest absolute Gasteiger partial charge is 0.417 e. The van der Waals surface area contributed by atoms with E-state index in [9.17, 15) is 22.8 Å². The van der Waals surface area contributed by atoms with Gasteiger partial charge in [0.15, 0.2) is 0 Å². The predicted octanol–water partition coefficient (Wildman–Crippen LogP) is 6.64. The highest BCUT2D eigenvalue weighted by Gasteiger charge is 2.33. The Bertz CT molecular complexity index is 1450. The number of amides is 2. The molecule has 2 amide bonds. The number of anilines is 2. The summed E-state index contributed by atoms with van der Waals surface area (Å²) in [5.74, 6) is 0.0376. The second kappa shape index (κ2) is 9.30. The first-order chi connectivity index (χ1) is 16.5. The number of aromatic nitrogens is 2. The highest BCUT2D eigenvalue weighted by Crippen LogP contribution is 2.36. The van der Waals surface area contributed by atoms with E-state index in [2.05, 4.69) is 20.6 Å². The molecule has 4 aromatic rings. The molecule has 0 saturated carbocycles. The van der Waals surface area contributed by atoms with E-state index in [1.807, 2.05) is 6.92 Å². The third kappa shape index (κ3) is 5.22. The summed E-state index contributed by atoms with van der Waals surface area (Å²) in [6.07, 6.45) is -4.65. The summed E-state index contributed by atoms with van der Waals surface area (Å²) in [5, 5.41) is 4.51. The van der Waals surface area contributed by atoms with Gasteiger partial charge in [0, 0.05) is 16.9 Å². The molecule has 0 unspecified atom stereocenters. The lowest BCUT2D eigenvalue weighted by Crippen LogP contribution is -2.20. The highest BCUT2D eigenvalue weighted by molar-refractivity contribution is 6.31. The minimum atomic E-state index is -4.65. The van der Waals surface area contributed by atoms with Gasteiger partial charge in [0.2, 0.25) is 0 Å². The zero-order chi connectivity index (χ0) is 25.3. The number of benzene rings is 3. The Hall–Kier alpha value is -4.05. The van der Waals surface area contributed by atoms with Crippen molar-refractivity contribution in [1.29, 1.82) is 0 Å². The van der Waals surface area contributed by atoms with Gasteiger partial charge in [0.05, 0.1) is 34.3 Å². The molecule has 1 heterocycles. The van der Waals surface area contributed by atoms with Crippen LogP contribution >= 0.6 is 11.6 Å². The van der Waals surface area contributed by atoms with Crippen LogP contribution in [0.25, 0.3) is 22.4 Å². The van der Waals surface area contributed by atoms with Crippen LogP contribution in [0.3, 0.4) is 0 Å². The van der Waals surface area contributed by atoms with Crippen molar-refractivity contribution in [3.63, 3.8) is 0 Å². The summed E-state index contributed by atoms with van der Waals surface area (Å²) in [6.45, 7) is 1.86. The molecule has 0 aliphatic carbocycles. The van der Waals surface area contributed by atoms with Crippen molar-refractivity contribution >= 4 is 46.0 Å². The van der Waals surface area contributed by atoms with Crippen molar-refractivity contribution in [3.05, 3.63) is 76.3 Å². The molecule has 3 aromatic carbocycles. The topological polar surface area (TPSA) is 96.1 Å². The molecule has 35 heavy (non-hydrogen) atoms. The Labute approximate surface area is 202 Å². The number of rotatable bonds is 4. The third-order valence-electron chi connectivity index (χ3n) is 5.18. The number of hydrogen-bond acceptors (Lipinski definition) is 4. The number of hydrogen-bond donors (Lipinski definition) is 3. The molecule has 4 rings (SSSR count).